The molecule has 0 aliphatic carbocycles. The summed E-state index contributed by atoms with van der Waals surface area (Å²) in [6, 6.07) is 15.5. The maximum atomic E-state index is 12.5. The first-order valence-corrected chi connectivity index (χ1v) is 9.93. The van der Waals surface area contributed by atoms with Crippen LogP contribution in [0.15, 0.2) is 48.5 Å². The SMILES string of the molecule is CC(NC(=O)c1cccc(N2CCCS2(=O)=O)c1)c1ccc(C#N)cc1. The number of hydrogen-bond acceptors (Lipinski definition) is 4. The summed E-state index contributed by atoms with van der Waals surface area (Å²) < 4.78 is 25.5. The van der Waals surface area contributed by atoms with Gasteiger partial charge >= 0.3 is 0 Å². The van der Waals surface area contributed by atoms with E-state index in [2.05, 4.69) is 11.4 Å². The molecule has 0 saturated carbocycles. The third kappa shape index (κ3) is 3.70. The highest BCUT2D eigenvalue weighted by atomic mass is 32.2. The van der Waals surface area contributed by atoms with Crippen LogP contribution in [0.4, 0.5) is 5.69 Å². The van der Waals surface area contributed by atoms with E-state index in [-0.39, 0.29) is 17.7 Å². The number of benzene rings is 2. The van der Waals surface area contributed by atoms with Crippen LogP contribution in [0, 0.1) is 11.3 Å². The molecule has 3 rings (SSSR count). The normalized spacial score (nSPS) is 16.7. The minimum absolute atomic E-state index is 0.138. The summed E-state index contributed by atoms with van der Waals surface area (Å²) in [6.07, 6.45) is 0.592. The topological polar surface area (TPSA) is 90.3 Å². The molecule has 1 heterocycles. The van der Waals surface area contributed by atoms with Crippen molar-refractivity contribution < 1.29 is 13.2 Å². The van der Waals surface area contributed by atoms with Gasteiger partial charge in [0.05, 0.1) is 29.1 Å². The second-order valence-electron chi connectivity index (χ2n) is 6.22. The predicted octanol–water partition coefficient (Wildman–Crippen LogP) is 2.59. The van der Waals surface area contributed by atoms with E-state index in [4.69, 9.17) is 5.26 Å². The first-order valence-electron chi connectivity index (χ1n) is 8.32. The summed E-state index contributed by atoms with van der Waals surface area (Å²) in [6.45, 7) is 2.29. The number of nitrogens with one attached hydrogen (secondary N) is 1. The van der Waals surface area contributed by atoms with Gasteiger partial charge in [-0.2, -0.15) is 5.26 Å². The second-order valence-corrected chi connectivity index (χ2v) is 8.23. The molecule has 6 nitrogen and oxygen atoms in total. The summed E-state index contributed by atoms with van der Waals surface area (Å²) in [4.78, 5) is 12.5. The van der Waals surface area contributed by atoms with Crippen molar-refractivity contribution in [3.05, 3.63) is 65.2 Å². The Morgan fingerprint density at radius 2 is 1.96 bits per heavy atom. The first-order chi connectivity index (χ1) is 12.4. The highest BCUT2D eigenvalue weighted by Gasteiger charge is 2.28. The lowest BCUT2D eigenvalue weighted by atomic mass is 10.1. The van der Waals surface area contributed by atoms with Gasteiger partial charge in [0.1, 0.15) is 0 Å². The average Bonchev–Trinajstić information content (AvgIpc) is 3.01. The van der Waals surface area contributed by atoms with Gasteiger partial charge in [0.15, 0.2) is 0 Å². The third-order valence-corrected chi connectivity index (χ3v) is 6.25. The van der Waals surface area contributed by atoms with Crippen LogP contribution < -0.4 is 9.62 Å². The Kier molecular flexibility index (Phi) is 4.96. The van der Waals surface area contributed by atoms with E-state index in [1.807, 2.05) is 6.92 Å². The van der Waals surface area contributed by atoms with E-state index in [0.29, 0.717) is 29.8 Å². The van der Waals surface area contributed by atoms with Crippen LogP contribution >= 0.6 is 0 Å². The molecule has 0 spiro atoms. The molecule has 0 bridgehead atoms. The molecule has 1 N–H and O–H groups in total. The number of anilines is 1. The number of amides is 1. The molecule has 0 radical (unpaired) electrons. The largest absolute Gasteiger partial charge is 0.346 e. The van der Waals surface area contributed by atoms with Gasteiger partial charge in [-0.3, -0.25) is 9.10 Å². The minimum Gasteiger partial charge on any atom is -0.346 e. The Morgan fingerprint density at radius 3 is 2.58 bits per heavy atom. The van der Waals surface area contributed by atoms with Crippen molar-refractivity contribution in [2.75, 3.05) is 16.6 Å². The van der Waals surface area contributed by atoms with Gasteiger partial charge in [-0.05, 0) is 49.2 Å². The molecular formula is C19H19N3O3S. The van der Waals surface area contributed by atoms with Gasteiger partial charge in [0, 0.05) is 12.1 Å². The zero-order chi connectivity index (χ0) is 18.7. The molecule has 0 aromatic heterocycles. The van der Waals surface area contributed by atoms with Crippen molar-refractivity contribution >= 4 is 21.6 Å². The molecule has 7 heteroatoms. The zero-order valence-electron chi connectivity index (χ0n) is 14.3. The smallest absolute Gasteiger partial charge is 0.251 e. The summed E-state index contributed by atoms with van der Waals surface area (Å²) in [5.41, 5.74) is 2.37. The van der Waals surface area contributed by atoms with Crippen molar-refractivity contribution in [2.24, 2.45) is 0 Å². The molecule has 2 aromatic carbocycles. The molecule has 1 aliphatic rings. The fraction of sp³-hybridized carbons (Fsp3) is 0.263. The molecular weight excluding hydrogens is 350 g/mol. The van der Waals surface area contributed by atoms with Crippen LogP contribution in [0.1, 0.15) is 40.9 Å². The van der Waals surface area contributed by atoms with E-state index < -0.39 is 10.0 Å². The summed E-state index contributed by atoms with van der Waals surface area (Å²) in [7, 11) is -3.28. The molecule has 134 valence electrons. The zero-order valence-corrected chi connectivity index (χ0v) is 15.2. The maximum Gasteiger partial charge on any atom is 0.251 e. The van der Waals surface area contributed by atoms with Gasteiger partial charge < -0.3 is 5.32 Å². The van der Waals surface area contributed by atoms with Crippen LogP contribution in [0.5, 0.6) is 0 Å². The summed E-state index contributed by atoms with van der Waals surface area (Å²) in [5.74, 6) is -0.139. The third-order valence-electron chi connectivity index (χ3n) is 4.38. The standard InChI is InChI=1S/C19H19N3O3S/c1-14(16-8-6-15(13-20)7-9-16)21-19(23)17-4-2-5-18(12-17)22-10-3-11-26(22,24)25/h2,4-9,12,14H,3,10-11H2,1H3,(H,21,23). The average molecular weight is 369 g/mol. The Bertz CT molecular complexity index is 962. The van der Waals surface area contributed by atoms with Crippen molar-refractivity contribution in [1.82, 2.24) is 5.32 Å². The molecule has 1 fully saturated rings. The van der Waals surface area contributed by atoms with Gasteiger partial charge in [-0.1, -0.05) is 18.2 Å². The maximum absolute atomic E-state index is 12.5. The van der Waals surface area contributed by atoms with E-state index in [1.165, 1.54) is 4.31 Å². The summed E-state index contributed by atoms with van der Waals surface area (Å²) in [5, 5.41) is 11.7. The highest BCUT2D eigenvalue weighted by molar-refractivity contribution is 7.93. The van der Waals surface area contributed by atoms with Gasteiger partial charge in [-0.25, -0.2) is 8.42 Å². The highest BCUT2D eigenvalue weighted by Crippen LogP contribution is 2.25. The monoisotopic (exact) mass is 369 g/mol. The summed E-state index contributed by atoms with van der Waals surface area (Å²) >= 11 is 0. The molecule has 1 saturated heterocycles. The lowest BCUT2D eigenvalue weighted by Gasteiger charge is -2.18. The minimum atomic E-state index is -3.28. The molecule has 1 unspecified atom stereocenters. The van der Waals surface area contributed by atoms with E-state index in [9.17, 15) is 13.2 Å². The van der Waals surface area contributed by atoms with Crippen LogP contribution in [-0.4, -0.2) is 26.6 Å². The van der Waals surface area contributed by atoms with Crippen LogP contribution in [0.3, 0.4) is 0 Å². The Hall–Kier alpha value is -2.85. The lowest BCUT2D eigenvalue weighted by molar-refractivity contribution is 0.0940. The van der Waals surface area contributed by atoms with Gasteiger partial charge in [0.2, 0.25) is 10.0 Å². The molecule has 1 amide bonds. The van der Waals surface area contributed by atoms with Crippen molar-refractivity contribution in [3.63, 3.8) is 0 Å². The van der Waals surface area contributed by atoms with Gasteiger partial charge in [-0.15, -0.1) is 0 Å². The van der Waals surface area contributed by atoms with Crippen molar-refractivity contribution in [2.45, 2.75) is 19.4 Å². The van der Waals surface area contributed by atoms with Gasteiger partial charge in [0.25, 0.3) is 5.91 Å². The number of rotatable bonds is 4. The number of carbonyl (C=O) groups is 1. The van der Waals surface area contributed by atoms with Crippen molar-refractivity contribution in [3.8, 4) is 6.07 Å². The number of sulfonamides is 1. The predicted molar refractivity (Wildman–Crippen MR) is 99.2 cm³/mol. The first kappa shape index (κ1) is 18.0. The van der Waals surface area contributed by atoms with E-state index in [1.54, 1.807) is 48.5 Å². The lowest BCUT2D eigenvalue weighted by Crippen LogP contribution is -2.28. The molecule has 2 aromatic rings. The second kappa shape index (κ2) is 7.18. The molecule has 26 heavy (non-hydrogen) atoms. The Labute approximate surface area is 153 Å². The number of carbonyl (C=O) groups excluding carboxylic acids is 1. The number of nitriles is 1. The quantitative estimate of drug-likeness (QED) is 0.897. The van der Waals surface area contributed by atoms with E-state index in [0.717, 1.165) is 5.56 Å². The van der Waals surface area contributed by atoms with Crippen LogP contribution in [0.2, 0.25) is 0 Å². The van der Waals surface area contributed by atoms with Crippen LogP contribution in [0.25, 0.3) is 0 Å². The molecule has 1 aliphatic heterocycles. The molecule has 1 atom stereocenters. The Balaban J connectivity index is 1.75. The fourth-order valence-electron chi connectivity index (χ4n) is 2.94. The van der Waals surface area contributed by atoms with Crippen molar-refractivity contribution in [1.29, 1.82) is 5.26 Å². The Morgan fingerprint density at radius 1 is 1.23 bits per heavy atom. The van der Waals surface area contributed by atoms with Crippen LogP contribution in [-0.2, 0) is 10.0 Å². The fourth-order valence-corrected chi connectivity index (χ4v) is 4.50. The number of hydrogen-bond donors (Lipinski definition) is 1. The number of nitrogens with zero attached hydrogens (tertiary/aromatic N) is 2. The van der Waals surface area contributed by atoms with E-state index >= 15 is 0 Å².